The van der Waals surface area contributed by atoms with Crippen LogP contribution >= 0.6 is 0 Å². The molecular formula is C16H16N2O4. The minimum Gasteiger partial charge on any atom is -0.447 e. The SMILES string of the molecule is O=C1NC(Cc2ccc(Oc3ccc(CO)cn3)cc2)CO1. The van der Waals surface area contributed by atoms with Crippen LogP contribution in [0.2, 0.25) is 0 Å². The van der Waals surface area contributed by atoms with E-state index in [-0.39, 0.29) is 18.7 Å². The van der Waals surface area contributed by atoms with Gasteiger partial charge >= 0.3 is 6.09 Å². The smallest absolute Gasteiger partial charge is 0.407 e. The second kappa shape index (κ2) is 6.44. The summed E-state index contributed by atoms with van der Waals surface area (Å²) in [5, 5.41) is 11.7. The number of hydrogen-bond donors (Lipinski definition) is 2. The van der Waals surface area contributed by atoms with Gasteiger partial charge in [-0.05, 0) is 35.7 Å². The third-order valence-electron chi connectivity index (χ3n) is 3.35. The van der Waals surface area contributed by atoms with E-state index in [1.807, 2.05) is 24.3 Å². The summed E-state index contributed by atoms with van der Waals surface area (Å²) >= 11 is 0. The van der Waals surface area contributed by atoms with Crippen LogP contribution in [0.1, 0.15) is 11.1 Å². The average Bonchev–Trinajstić information content (AvgIpc) is 2.95. The van der Waals surface area contributed by atoms with Crippen molar-refractivity contribution in [3.63, 3.8) is 0 Å². The molecule has 6 nitrogen and oxygen atoms in total. The number of rotatable bonds is 5. The highest BCUT2D eigenvalue weighted by Gasteiger charge is 2.21. The third kappa shape index (κ3) is 3.53. The second-order valence-corrected chi connectivity index (χ2v) is 5.05. The molecule has 1 aromatic heterocycles. The number of nitrogens with one attached hydrogen (secondary N) is 1. The standard InChI is InChI=1S/C16H16N2O4/c19-9-12-3-6-15(17-8-12)22-14-4-1-11(2-5-14)7-13-10-21-16(20)18-13/h1-6,8,13,19H,7,9-10H2,(H,18,20). The number of alkyl carbamates (subject to hydrolysis) is 1. The Morgan fingerprint density at radius 2 is 2.00 bits per heavy atom. The van der Waals surface area contributed by atoms with E-state index >= 15 is 0 Å². The molecule has 1 amide bonds. The zero-order valence-electron chi connectivity index (χ0n) is 11.9. The molecule has 0 saturated carbocycles. The van der Waals surface area contributed by atoms with Gasteiger partial charge in [-0.15, -0.1) is 0 Å². The average molecular weight is 300 g/mol. The van der Waals surface area contributed by atoms with E-state index < -0.39 is 0 Å². The topological polar surface area (TPSA) is 80.7 Å². The Kier molecular flexibility index (Phi) is 4.20. The zero-order valence-corrected chi connectivity index (χ0v) is 11.9. The van der Waals surface area contributed by atoms with Crippen molar-refractivity contribution in [2.45, 2.75) is 19.1 Å². The molecule has 1 aliphatic rings. The molecule has 1 atom stereocenters. The normalized spacial score (nSPS) is 17.0. The molecule has 3 rings (SSSR count). The number of aliphatic hydroxyl groups is 1. The van der Waals surface area contributed by atoms with Crippen LogP contribution in [0.25, 0.3) is 0 Å². The van der Waals surface area contributed by atoms with Crippen molar-refractivity contribution in [3.05, 3.63) is 53.7 Å². The fraction of sp³-hybridized carbons (Fsp3) is 0.250. The Hall–Kier alpha value is -2.60. The molecule has 1 fully saturated rings. The summed E-state index contributed by atoms with van der Waals surface area (Å²) in [6.07, 6.45) is 1.93. The van der Waals surface area contributed by atoms with Crippen LogP contribution in [0.15, 0.2) is 42.6 Å². The highest BCUT2D eigenvalue weighted by molar-refractivity contribution is 5.69. The monoisotopic (exact) mass is 300 g/mol. The molecule has 0 bridgehead atoms. The van der Waals surface area contributed by atoms with Gasteiger partial charge < -0.3 is 19.9 Å². The van der Waals surface area contributed by atoms with Gasteiger partial charge in [-0.25, -0.2) is 9.78 Å². The maximum atomic E-state index is 11.0. The van der Waals surface area contributed by atoms with Gasteiger partial charge in [-0.3, -0.25) is 0 Å². The Morgan fingerprint density at radius 1 is 1.23 bits per heavy atom. The lowest BCUT2D eigenvalue weighted by atomic mass is 10.1. The molecule has 1 unspecified atom stereocenters. The van der Waals surface area contributed by atoms with Gasteiger partial charge in [0.2, 0.25) is 5.88 Å². The van der Waals surface area contributed by atoms with Gasteiger partial charge in [0, 0.05) is 12.3 Å². The summed E-state index contributed by atoms with van der Waals surface area (Å²) in [6, 6.07) is 11.1. The van der Waals surface area contributed by atoms with Crippen molar-refractivity contribution in [2.24, 2.45) is 0 Å². The first kappa shape index (κ1) is 14.3. The summed E-state index contributed by atoms with van der Waals surface area (Å²) < 4.78 is 10.5. The van der Waals surface area contributed by atoms with Gasteiger partial charge in [0.1, 0.15) is 12.4 Å². The molecule has 1 aliphatic heterocycles. The zero-order chi connectivity index (χ0) is 15.4. The van der Waals surface area contributed by atoms with Crippen LogP contribution in [0.5, 0.6) is 11.6 Å². The number of benzene rings is 1. The van der Waals surface area contributed by atoms with Crippen LogP contribution in [0.3, 0.4) is 0 Å². The number of pyridine rings is 1. The number of amides is 1. The fourth-order valence-corrected chi connectivity index (χ4v) is 2.20. The number of hydrogen-bond acceptors (Lipinski definition) is 5. The molecule has 1 saturated heterocycles. The molecule has 0 aliphatic carbocycles. The highest BCUT2D eigenvalue weighted by Crippen LogP contribution is 2.20. The van der Waals surface area contributed by atoms with Gasteiger partial charge in [0.15, 0.2) is 0 Å². The minimum atomic E-state index is -0.359. The second-order valence-electron chi connectivity index (χ2n) is 5.05. The fourth-order valence-electron chi connectivity index (χ4n) is 2.20. The van der Waals surface area contributed by atoms with E-state index in [9.17, 15) is 4.79 Å². The summed E-state index contributed by atoms with van der Waals surface area (Å²) in [7, 11) is 0. The molecule has 0 radical (unpaired) electrons. The Morgan fingerprint density at radius 3 is 2.59 bits per heavy atom. The lowest BCUT2D eigenvalue weighted by Crippen LogP contribution is -2.28. The first-order chi connectivity index (χ1) is 10.7. The van der Waals surface area contributed by atoms with E-state index in [0.29, 0.717) is 18.2 Å². The Bertz CT molecular complexity index is 640. The predicted octanol–water partition coefficient (Wildman–Crippen LogP) is 2.02. The molecule has 2 N–H and O–H groups in total. The molecule has 1 aromatic carbocycles. The molecule has 22 heavy (non-hydrogen) atoms. The van der Waals surface area contributed by atoms with Gasteiger partial charge in [0.25, 0.3) is 0 Å². The van der Waals surface area contributed by atoms with Crippen molar-refractivity contribution in [1.82, 2.24) is 10.3 Å². The summed E-state index contributed by atoms with van der Waals surface area (Å²) in [6.45, 7) is 0.363. The van der Waals surface area contributed by atoms with E-state index in [1.54, 1.807) is 18.3 Å². The quantitative estimate of drug-likeness (QED) is 0.883. The summed E-state index contributed by atoms with van der Waals surface area (Å²) in [5.74, 6) is 1.15. The number of ether oxygens (including phenoxy) is 2. The summed E-state index contributed by atoms with van der Waals surface area (Å²) in [4.78, 5) is 15.1. The van der Waals surface area contributed by atoms with Crippen molar-refractivity contribution in [1.29, 1.82) is 0 Å². The van der Waals surface area contributed by atoms with Crippen molar-refractivity contribution in [3.8, 4) is 11.6 Å². The largest absolute Gasteiger partial charge is 0.447 e. The lowest BCUT2D eigenvalue weighted by Gasteiger charge is -2.09. The lowest BCUT2D eigenvalue weighted by molar-refractivity contribution is 0.177. The number of carbonyl (C=O) groups excluding carboxylic acids is 1. The van der Waals surface area contributed by atoms with Crippen LogP contribution in [-0.2, 0) is 17.8 Å². The van der Waals surface area contributed by atoms with E-state index in [0.717, 1.165) is 17.5 Å². The maximum absolute atomic E-state index is 11.0. The van der Waals surface area contributed by atoms with Crippen LogP contribution in [0, 0.1) is 0 Å². The molecule has 2 heterocycles. The van der Waals surface area contributed by atoms with Crippen LogP contribution in [0.4, 0.5) is 4.79 Å². The van der Waals surface area contributed by atoms with Crippen molar-refractivity contribution in [2.75, 3.05) is 6.61 Å². The van der Waals surface area contributed by atoms with Gasteiger partial charge in [-0.1, -0.05) is 12.1 Å². The minimum absolute atomic E-state index is 0.0203. The number of aliphatic hydroxyl groups excluding tert-OH is 1. The Balaban J connectivity index is 1.59. The number of nitrogens with zero attached hydrogens (tertiary/aromatic N) is 1. The number of aromatic nitrogens is 1. The van der Waals surface area contributed by atoms with Gasteiger partial charge in [0.05, 0.1) is 12.6 Å². The molecule has 6 heteroatoms. The highest BCUT2D eigenvalue weighted by atomic mass is 16.6. The van der Waals surface area contributed by atoms with Crippen molar-refractivity contribution < 1.29 is 19.4 Å². The number of carbonyl (C=O) groups is 1. The van der Waals surface area contributed by atoms with Crippen LogP contribution in [-0.4, -0.2) is 28.8 Å². The molecule has 114 valence electrons. The van der Waals surface area contributed by atoms with Crippen LogP contribution < -0.4 is 10.1 Å². The van der Waals surface area contributed by atoms with E-state index in [2.05, 4.69) is 10.3 Å². The first-order valence-electron chi connectivity index (χ1n) is 6.99. The molecule has 2 aromatic rings. The van der Waals surface area contributed by atoms with E-state index in [1.165, 1.54) is 0 Å². The summed E-state index contributed by atoms with van der Waals surface area (Å²) in [5.41, 5.74) is 1.83. The molecule has 0 spiro atoms. The van der Waals surface area contributed by atoms with Gasteiger partial charge in [-0.2, -0.15) is 0 Å². The van der Waals surface area contributed by atoms with E-state index in [4.69, 9.17) is 14.6 Å². The Labute approximate surface area is 127 Å². The first-order valence-corrected chi connectivity index (χ1v) is 6.99. The number of cyclic esters (lactones) is 1. The third-order valence-corrected chi connectivity index (χ3v) is 3.35. The maximum Gasteiger partial charge on any atom is 0.407 e. The van der Waals surface area contributed by atoms with Crippen molar-refractivity contribution >= 4 is 6.09 Å². The molecular weight excluding hydrogens is 284 g/mol. The predicted molar refractivity (Wildman–Crippen MR) is 78.7 cm³/mol.